The summed E-state index contributed by atoms with van der Waals surface area (Å²) in [5.74, 6) is 0.326. The van der Waals surface area contributed by atoms with Crippen molar-refractivity contribution < 1.29 is 12.6 Å². The van der Waals surface area contributed by atoms with Crippen LogP contribution in [0.1, 0.15) is 42.1 Å². The minimum Gasteiger partial charge on any atom is -0.358 e. The molecule has 0 aliphatic heterocycles. The summed E-state index contributed by atoms with van der Waals surface area (Å²) in [6, 6.07) is 14.7. The quantitative estimate of drug-likeness (QED) is 0.599. The fraction of sp³-hybridized carbons (Fsp3) is 0.286. The molecule has 0 radical (unpaired) electrons. The van der Waals surface area contributed by atoms with Crippen LogP contribution in [0.4, 0.5) is 0 Å². The van der Waals surface area contributed by atoms with Crippen molar-refractivity contribution in [3.05, 3.63) is 70.9 Å². The zero-order chi connectivity index (χ0) is 19.8. The van der Waals surface area contributed by atoms with Gasteiger partial charge < -0.3 is 4.18 Å². The number of aryl methyl sites for hydroxylation is 3. The molecule has 0 unspecified atom stereocenters. The van der Waals surface area contributed by atoms with E-state index in [2.05, 4.69) is 5.10 Å². The Morgan fingerprint density at radius 3 is 2.11 bits per heavy atom. The SMILES string of the molecule is Cc1cc(C)c(S(=O)(=O)Oc2cc(C(C)C)nn2-c2ccccc2)c(C)c1. The van der Waals surface area contributed by atoms with E-state index in [0.29, 0.717) is 11.1 Å². The van der Waals surface area contributed by atoms with E-state index in [1.54, 1.807) is 19.9 Å². The summed E-state index contributed by atoms with van der Waals surface area (Å²) in [6.45, 7) is 9.51. The van der Waals surface area contributed by atoms with Crippen molar-refractivity contribution in [2.75, 3.05) is 0 Å². The van der Waals surface area contributed by atoms with Crippen LogP contribution in [-0.2, 0) is 10.1 Å². The first-order valence-electron chi connectivity index (χ1n) is 8.87. The van der Waals surface area contributed by atoms with Gasteiger partial charge in [0.1, 0.15) is 4.90 Å². The van der Waals surface area contributed by atoms with E-state index >= 15 is 0 Å². The van der Waals surface area contributed by atoms with Crippen LogP contribution in [0.15, 0.2) is 53.4 Å². The first-order chi connectivity index (χ1) is 12.7. The van der Waals surface area contributed by atoms with Crippen molar-refractivity contribution in [1.82, 2.24) is 9.78 Å². The number of hydrogen-bond acceptors (Lipinski definition) is 4. The third-order valence-corrected chi connectivity index (χ3v) is 5.87. The van der Waals surface area contributed by atoms with E-state index in [-0.39, 0.29) is 16.7 Å². The molecule has 0 aliphatic rings. The third kappa shape index (κ3) is 3.90. The van der Waals surface area contributed by atoms with Gasteiger partial charge in [0.25, 0.3) is 0 Å². The van der Waals surface area contributed by atoms with Crippen molar-refractivity contribution in [1.29, 1.82) is 0 Å². The highest BCUT2D eigenvalue weighted by Gasteiger charge is 2.25. The molecule has 0 amide bonds. The molecule has 6 heteroatoms. The Kier molecular flexibility index (Phi) is 5.11. The lowest BCUT2D eigenvalue weighted by Gasteiger charge is -2.13. The molecule has 27 heavy (non-hydrogen) atoms. The minimum atomic E-state index is -4.00. The molecule has 0 saturated carbocycles. The smallest absolute Gasteiger partial charge is 0.341 e. The van der Waals surface area contributed by atoms with Gasteiger partial charge in [-0.3, -0.25) is 0 Å². The summed E-state index contributed by atoms with van der Waals surface area (Å²) in [5.41, 5.74) is 3.86. The molecule has 0 spiro atoms. The van der Waals surface area contributed by atoms with Crippen molar-refractivity contribution in [3.63, 3.8) is 0 Å². The van der Waals surface area contributed by atoms with E-state index < -0.39 is 10.1 Å². The van der Waals surface area contributed by atoms with E-state index in [1.807, 2.05) is 63.2 Å². The number of para-hydroxylation sites is 1. The summed E-state index contributed by atoms with van der Waals surface area (Å²) in [4.78, 5) is 0.208. The fourth-order valence-electron chi connectivity index (χ4n) is 3.19. The molecule has 142 valence electrons. The highest BCUT2D eigenvalue weighted by atomic mass is 32.2. The van der Waals surface area contributed by atoms with Crippen molar-refractivity contribution >= 4 is 10.1 Å². The summed E-state index contributed by atoms with van der Waals surface area (Å²) >= 11 is 0. The maximum Gasteiger partial charge on any atom is 0.341 e. The van der Waals surface area contributed by atoms with Crippen LogP contribution < -0.4 is 4.18 Å². The van der Waals surface area contributed by atoms with E-state index in [4.69, 9.17) is 4.18 Å². The van der Waals surface area contributed by atoms with Crippen LogP contribution in [0, 0.1) is 20.8 Å². The van der Waals surface area contributed by atoms with Gasteiger partial charge in [0.05, 0.1) is 11.4 Å². The Labute approximate surface area is 160 Å². The van der Waals surface area contributed by atoms with Gasteiger partial charge in [-0.2, -0.15) is 18.2 Å². The summed E-state index contributed by atoms with van der Waals surface area (Å²) in [7, 11) is -4.00. The molecule has 0 saturated heterocycles. The lowest BCUT2D eigenvalue weighted by molar-refractivity contribution is 0.464. The average Bonchev–Trinajstić information content (AvgIpc) is 2.97. The first kappa shape index (κ1) is 19.2. The molecule has 1 heterocycles. The van der Waals surface area contributed by atoms with Crippen LogP contribution in [0.5, 0.6) is 5.88 Å². The molecule has 0 N–H and O–H groups in total. The Morgan fingerprint density at radius 1 is 0.963 bits per heavy atom. The minimum absolute atomic E-state index is 0.142. The molecule has 3 rings (SSSR count). The van der Waals surface area contributed by atoms with Gasteiger partial charge in [-0.05, 0) is 49.9 Å². The normalized spacial score (nSPS) is 11.8. The number of aromatic nitrogens is 2. The van der Waals surface area contributed by atoms with Crippen LogP contribution in [0.3, 0.4) is 0 Å². The molecule has 0 bridgehead atoms. The second kappa shape index (κ2) is 7.19. The first-order valence-corrected chi connectivity index (χ1v) is 10.3. The van der Waals surface area contributed by atoms with Crippen molar-refractivity contribution in [3.8, 4) is 11.6 Å². The molecule has 2 aromatic carbocycles. The zero-order valence-electron chi connectivity index (χ0n) is 16.2. The number of rotatable bonds is 5. The van der Waals surface area contributed by atoms with E-state index in [1.165, 1.54) is 4.68 Å². The molecule has 0 atom stereocenters. The molecule has 3 aromatic rings. The molecule has 0 aliphatic carbocycles. The van der Waals surface area contributed by atoms with E-state index in [0.717, 1.165) is 16.9 Å². The highest BCUT2D eigenvalue weighted by Crippen LogP contribution is 2.29. The maximum atomic E-state index is 13.1. The van der Waals surface area contributed by atoms with Crippen LogP contribution in [0.2, 0.25) is 0 Å². The van der Waals surface area contributed by atoms with Crippen LogP contribution in [0.25, 0.3) is 5.69 Å². The predicted molar refractivity (Wildman–Crippen MR) is 106 cm³/mol. The average molecular weight is 385 g/mol. The molecular formula is C21H24N2O3S. The van der Waals surface area contributed by atoms with Gasteiger partial charge in [-0.1, -0.05) is 49.7 Å². The monoisotopic (exact) mass is 384 g/mol. The Bertz CT molecular complexity index is 1050. The topological polar surface area (TPSA) is 61.2 Å². The van der Waals surface area contributed by atoms with Gasteiger partial charge in [0.15, 0.2) is 0 Å². The number of hydrogen-bond donors (Lipinski definition) is 0. The lowest BCUT2D eigenvalue weighted by atomic mass is 10.1. The number of nitrogens with zero attached hydrogens (tertiary/aromatic N) is 2. The van der Waals surface area contributed by atoms with Crippen LogP contribution >= 0.6 is 0 Å². The fourth-order valence-corrected chi connectivity index (χ4v) is 4.53. The maximum absolute atomic E-state index is 13.1. The summed E-state index contributed by atoms with van der Waals surface area (Å²) in [6.07, 6.45) is 0. The standard InChI is InChI=1S/C21H24N2O3S/c1-14(2)19-13-20(23(22-19)18-9-7-6-8-10-18)26-27(24,25)21-16(4)11-15(3)12-17(21)5/h6-14H,1-5H3. The Morgan fingerprint density at radius 2 is 1.56 bits per heavy atom. The Balaban J connectivity index is 2.10. The third-order valence-electron chi connectivity index (χ3n) is 4.34. The van der Waals surface area contributed by atoms with Gasteiger partial charge in [0.2, 0.25) is 5.88 Å². The number of benzene rings is 2. The molecular weight excluding hydrogens is 360 g/mol. The predicted octanol–water partition coefficient (Wildman–Crippen LogP) is 4.69. The largest absolute Gasteiger partial charge is 0.358 e. The Hall–Kier alpha value is -2.60. The van der Waals surface area contributed by atoms with Crippen molar-refractivity contribution in [2.45, 2.75) is 45.4 Å². The second-order valence-electron chi connectivity index (χ2n) is 7.07. The van der Waals surface area contributed by atoms with Gasteiger partial charge in [-0.15, -0.1) is 0 Å². The molecule has 0 fully saturated rings. The van der Waals surface area contributed by atoms with Crippen molar-refractivity contribution in [2.24, 2.45) is 0 Å². The summed E-state index contributed by atoms with van der Waals surface area (Å²) in [5, 5.41) is 4.54. The molecule has 5 nitrogen and oxygen atoms in total. The van der Waals surface area contributed by atoms with Gasteiger partial charge in [-0.25, -0.2) is 0 Å². The van der Waals surface area contributed by atoms with Gasteiger partial charge >= 0.3 is 10.1 Å². The van der Waals surface area contributed by atoms with Gasteiger partial charge in [0, 0.05) is 6.07 Å². The highest BCUT2D eigenvalue weighted by molar-refractivity contribution is 7.87. The molecule has 1 aromatic heterocycles. The lowest BCUT2D eigenvalue weighted by Crippen LogP contribution is -2.15. The van der Waals surface area contributed by atoms with Crippen LogP contribution in [-0.4, -0.2) is 18.2 Å². The van der Waals surface area contributed by atoms with E-state index in [9.17, 15) is 8.42 Å². The summed E-state index contributed by atoms with van der Waals surface area (Å²) < 4.78 is 33.2. The zero-order valence-corrected chi connectivity index (χ0v) is 17.0. The second-order valence-corrected chi connectivity index (χ2v) is 8.56.